The van der Waals surface area contributed by atoms with Gasteiger partial charge in [-0.3, -0.25) is 5.32 Å². The largest absolute Gasteiger partial charge is 0.444 e. The molecule has 2 heterocycles. The number of aromatic nitrogens is 2. The molecule has 0 bridgehead atoms. The molecule has 0 saturated heterocycles. The molecule has 6 heteroatoms. The normalized spacial score (nSPS) is 11.1. The van der Waals surface area contributed by atoms with Crippen LogP contribution < -0.4 is 5.32 Å². The first kappa shape index (κ1) is 13.1. The molecule has 0 radical (unpaired) electrons. The average molecular weight is 261 g/mol. The molecule has 0 unspecified atom stereocenters. The average Bonchev–Trinajstić information content (AvgIpc) is 2.80. The highest BCUT2D eigenvalue weighted by atomic mass is 16.6. The molecule has 2 aromatic heterocycles. The zero-order valence-corrected chi connectivity index (χ0v) is 11.0. The van der Waals surface area contributed by atoms with Gasteiger partial charge in [0.05, 0.1) is 6.20 Å². The standard InChI is InChI=1S/C13H15N3O3/c1-13(2,3)19-12(17)16-11-5-4-9(6-15-11)10-7-14-8-18-10/h4-8H,1-3H3,(H,15,16,17). The van der Waals surface area contributed by atoms with E-state index in [1.165, 1.54) is 6.39 Å². The van der Waals surface area contributed by atoms with Crippen molar-refractivity contribution in [3.8, 4) is 11.3 Å². The maximum absolute atomic E-state index is 11.5. The Morgan fingerprint density at radius 3 is 2.63 bits per heavy atom. The molecule has 19 heavy (non-hydrogen) atoms. The molecule has 0 atom stereocenters. The zero-order valence-electron chi connectivity index (χ0n) is 11.0. The van der Waals surface area contributed by atoms with Gasteiger partial charge >= 0.3 is 6.09 Å². The number of anilines is 1. The molecule has 2 aromatic rings. The lowest BCUT2D eigenvalue weighted by Crippen LogP contribution is -2.27. The number of hydrogen-bond acceptors (Lipinski definition) is 5. The van der Waals surface area contributed by atoms with Crippen LogP contribution in [0.15, 0.2) is 35.3 Å². The Kier molecular flexibility index (Phi) is 3.50. The molecule has 1 amide bonds. The summed E-state index contributed by atoms with van der Waals surface area (Å²) in [6.45, 7) is 5.40. The Morgan fingerprint density at radius 1 is 1.32 bits per heavy atom. The molecule has 0 saturated carbocycles. The van der Waals surface area contributed by atoms with Gasteiger partial charge in [0.2, 0.25) is 0 Å². The molecule has 0 spiro atoms. The van der Waals surface area contributed by atoms with E-state index >= 15 is 0 Å². The van der Waals surface area contributed by atoms with Gasteiger partial charge in [0.1, 0.15) is 11.4 Å². The first-order chi connectivity index (χ1) is 8.94. The number of hydrogen-bond donors (Lipinski definition) is 1. The molecule has 0 aliphatic rings. The molecule has 0 fully saturated rings. The second-order valence-electron chi connectivity index (χ2n) is 4.92. The molecule has 0 aliphatic carbocycles. The SMILES string of the molecule is CC(C)(C)OC(=O)Nc1ccc(-c2cnco2)cn1. The molecule has 6 nitrogen and oxygen atoms in total. The summed E-state index contributed by atoms with van der Waals surface area (Å²) in [7, 11) is 0. The third-order valence-electron chi connectivity index (χ3n) is 2.11. The van der Waals surface area contributed by atoms with Crippen molar-refractivity contribution in [1.29, 1.82) is 0 Å². The van der Waals surface area contributed by atoms with Gasteiger partial charge in [0.15, 0.2) is 12.2 Å². The molecule has 0 aromatic carbocycles. The number of carbonyl (C=O) groups excluding carboxylic acids is 1. The Labute approximate surface area is 110 Å². The minimum atomic E-state index is -0.538. The summed E-state index contributed by atoms with van der Waals surface area (Å²) in [4.78, 5) is 19.5. The molecular weight excluding hydrogens is 246 g/mol. The van der Waals surface area contributed by atoms with Crippen LogP contribution in [0.5, 0.6) is 0 Å². The summed E-state index contributed by atoms with van der Waals surface area (Å²) >= 11 is 0. The van der Waals surface area contributed by atoms with Gasteiger partial charge < -0.3 is 9.15 Å². The third kappa shape index (κ3) is 3.80. The minimum absolute atomic E-state index is 0.414. The van der Waals surface area contributed by atoms with Crippen LogP contribution in [0.2, 0.25) is 0 Å². The second kappa shape index (κ2) is 5.09. The summed E-state index contributed by atoms with van der Waals surface area (Å²) < 4.78 is 10.3. The summed E-state index contributed by atoms with van der Waals surface area (Å²) in [6.07, 6.45) is 4.00. The molecule has 2 rings (SSSR count). The van der Waals surface area contributed by atoms with E-state index in [9.17, 15) is 4.79 Å². The van der Waals surface area contributed by atoms with Crippen LogP contribution in [0.1, 0.15) is 20.8 Å². The highest BCUT2D eigenvalue weighted by Gasteiger charge is 2.16. The van der Waals surface area contributed by atoms with E-state index in [2.05, 4.69) is 15.3 Å². The lowest BCUT2D eigenvalue weighted by molar-refractivity contribution is 0.0635. The van der Waals surface area contributed by atoms with Crippen molar-refractivity contribution in [2.75, 3.05) is 5.32 Å². The van der Waals surface area contributed by atoms with Crippen LogP contribution in [0.4, 0.5) is 10.6 Å². The molecule has 100 valence electrons. The highest BCUT2D eigenvalue weighted by Crippen LogP contribution is 2.18. The Bertz CT molecular complexity index is 542. The first-order valence-corrected chi connectivity index (χ1v) is 5.79. The van der Waals surface area contributed by atoms with Crippen LogP contribution in [0.3, 0.4) is 0 Å². The maximum Gasteiger partial charge on any atom is 0.413 e. The van der Waals surface area contributed by atoms with Crippen LogP contribution in [-0.2, 0) is 4.74 Å². The topological polar surface area (TPSA) is 77.2 Å². The van der Waals surface area contributed by atoms with Crippen molar-refractivity contribution < 1.29 is 13.9 Å². The zero-order chi connectivity index (χ0) is 13.9. The lowest BCUT2D eigenvalue weighted by Gasteiger charge is -2.19. The number of oxazole rings is 1. The predicted octanol–water partition coefficient (Wildman–Crippen LogP) is 3.08. The molecular formula is C13H15N3O3. The Hall–Kier alpha value is -2.37. The van der Waals surface area contributed by atoms with Crippen molar-refractivity contribution >= 4 is 11.9 Å². The first-order valence-electron chi connectivity index (χ1n) is 5.79. The number of ether oxygens (including phenoxy) is 1. The van der Waals surface area contributed by atoms with Crippen LogP contribution in [0.25, 0.3) is 11.3 Å². The summed E-state index contributed by atoms with van der Waals surface area (Å²) in [5.41, 5.74) is 0.247. The number of pyridine rings is 1. The van der Waals surface area contributed by atoms with Crippen molar-refractivity contribution in [3.63, 3.8) is 0 Å². The summed E-state index contributed by atoms with van der Waals surface area (Å²) in [5, 5.41) is 2.55. The van der Waals surface area contributed by atoms with Gasteiger partial charge in [-0.05, 0) is 32.9 Å². The van der Waals surface area contributed by atoms with E-state index < -0.39 is 11.7 Å². The van der Waals surface area contributed by atoms with Gasteiger partial charge in [-0.25, -0.2) is 14.8 Å². The number of amides is 1. The van der Waals surface area contributed by atoms with Crippen molar-refractivity contribution in [1.82, 2.24) is 9.97 Å². The summed E-state index contributed by atoms with van der Waals surface area (Å²) in [6, 6.07) is 3.45. The maximum atomic E-state index is 11.5. The van der Waals surface area contributed by atoms with Gasteiger partial charge in [0, 0.05) is 11.8 Å². The number of nitrogens with zero attached hydrogens (tertiary/aromatic N) is 2. The molecule has 0 aliphatic heterocycles. The van der Waals surface area contributed by atoms with Crippen LogP contribution in [-0.4, -0.2) is 21.7 Å². The van der Waals surface area contributed by atoms with Gasteiger partial charge in [-0.1, -0.05) is 0 Å². The minimum Gasteiger partial charge on any atom is -0.444 e. The molecule has 1 N–H and O–H groups in total. The van der Waals surface area contributed by atoms with Crippen molar-refractivity contribution in [3.05, 3.63) is 30.9 Å². The van der Waals surface area contributed by atoms with E-state index in [1.807, 2.05) is 0 Å². The van der Waals surface area contributed by atoms with Gasteiger partial charge in [-0.2, -0.15) is 0 Å². The predicted molar refractivity (Wildman–Crippen MR) is 69.6 cm³/mol. The van der Waals surface area contributed by atoms with E-state index in [4.69, 9.17) is 9.15 Å². The fourth-order valence-corrected chi connectivity index (χ4v) is 1.38. The lowest BCUT2D eigenvalue weighted by atomic mass is 10.2. The van der Waals surface area contributed by atoms with E-state index in [0.29, 0.717) is 11.6 Å². The fraction of sp³-hybridized carbons (Fsp3) is 0.308. The van der Waals surface area contributed by atoms with Gasteiger partial charge in [-0.15, -0.1) is 0 Å². The second-order valence-corrected chi connectivity index (χ2v) is 4.92. The smallest absolute Gasteiger partial charge is 0.413 e. The van der Waals surface area contributed by atoms with Crippen molar-refractivity contribution in [2.24, 2.45) is 0 Å². The summed E-state index contributed by atoms with van der Waals surface area (Å²) in [5.74, 6) is 1.04. The number of nitrogens with one attached hydrogen (secondary N) is 1. The van der Waals surface area contributed by atoms with E-state index in [0.717, 1.165) is 5.56 Å². The quantitative estimate of drug-likeness (QED) is 0.898. The van der Waals surface area contributed by atoms with Crippen LogP contribution in [0, 0.1) is 0 Å². The van der Waals surface area contributed by atoms with Gasteiger partial charge in [0.25, 0.3) is 0 Å². The van der Waals surface area contributed by atoms with Crippen molar-refractivity contribution in [2.45, 2.75) is 26.4 Å². The monoisotopic (exact) mass is 261 g/mol. The Morgan fingerprint density at radius 2 is 2.11 bits per heavy atom. The van der Waals surface area contributed by atoms with E-state index in [1.54, 1.807) is 45.3 Å². The highest BCUT2D eigenvalue weighted by molar-refractivity contribution is 5.83. The van der Waals surface area contributed by atoms with Crippen LogP contribution >= 0.6 is 0 Å². The Balaban J connectivity index is 2.01. The number of rotatable bonds is 2. The fourth-order valence-electron chi connectivity index (χ4n) is 1.38. The third-order valence-corrected chi connectivity index (χ3v) is 2.11. The van der Waals surface area contributed by atoms with E-state index in [-0.39, 0.29) is 0 Å². The number of carbonyl (C=O) groups is 1.